The van der Waals surface area contributed by atoms with Crippen LogP contribution in [0, 0.1) is 0 Å². The highest BCUT2D eigenvalue weighted by Gasteiger charge is 2.21. The van der Waals surface area contributed by atoms with Gasteiger partial charge in [0, 0.05) is 35.6 Å². The van der Waals surface area contributed by atoms with Gasteiger partial charge < -0.3 is 14.8 Å². The lowest BCUT2D eigenvalue weighted by molar-refractivity contribution is -0.143. The van der Waals surface area contributed by atoms with Gasteiger partial charge in [-0.3, -0.25) is 10.1 Å². The lowest BCUT2D eigenvalue weighted by atomic mass is 10.0. The van der Waals surface area contributed by atoms with E-state index in [1.54, 1.807) is 12.1 Å². The van der Waals surface area contributed by atoms with Crippen LogP contribution in [0.25, 0.3) is 10.9 Å². The molecule has 24 heavy (non-hydrogen) atoms. The maximum absolute atomic E-state index is 12.1. The number of aromatic hydroxyl groups is 1. The SMILES string of the molecule is COC(=O)[C@H](Cc1c[nH]c2ccccc12)NCc1ccccc1O. The van der Waals surface area contributed by atoms with Crippen molar-refractivity contribution in [1.29, 1.82) is 0 Å². The van der Waals surface area contributed by atoms with Crippen LogP contribution in [-0.2, 0) is 22.5 Å². The second-order valence-corrected chi connectivity index (χ2v) is 5.65. The summed E-state index contributed by atoms with van der Waals surface area (Å²) in [5.74, 6) is -0.114. The number of esters is 1. The zero-order valence-corrected chi connectivity index (χ0v) is 13.5. The number of hydrogen-bond donors (Lipinski definition) is 3. The zero-order valence-electron chi connectivity index (χ0n) is 13.5. The maximum atomic E-state index is 12.1. The molecular weight excluding hydrogens is 304 g/mol. The molecule has 3 N–H and O–H groups in total. The maximum Gasteiger partial charge on any atom is 0.323 e. The van der Waals surface area contributed by atoms with Crippen LogP contribution in [0.4, 0.5) is 0 Å². The van der Waals surface area contributed by atoms with Crippen molar-refractivity contribution < 1.29 is 14.6 Å². The summed E-state index contributed by atoms with van der Waals surface area (Å²) in [4.78, 5) is 15.3. The van der Waals surface area contributed by atoms with Gasteiger partial charge in [0.2, 0.25) is 0 Å². The molecule has 0 aliphatic carbocycles. The number of hydrogen-bond acceptors (Lipinski definition) is 4. The Morgan fingerprint density at radius 2 is 1.92 bits per heavy atom. The minimum Gasteiger partial charge on any atom is -0.508 e. The normalized spacial score (nSPS) is 12.2. The van der Waals surface area contributed by atoms with Gasteiger partial charge in [0.05, 0.1) is 7.11 Å². The number of rotatable bonds is 6. The second kappa shape index (κ2) is 7.19. The van der Waals surface area contributed by atoms with Gasteiger partial charge in [-0.1, -0.05) is 36.4 Å². The first kappa shape index (κ1) is 16.1. The number of carbonyl (C=O) groups is 1. The summed E-state index contributed by atoms with van der Waals surface area (Å²) in [7, 11) is 1.38. The zero-order chi connectivity index (χ0) is 16.9. The number of nitrogens with one attached hydrogen (secondary N) is 2. The summed E-state index contributed by atoms with van der Waals surface area (Å²) < 4.78 is 4.92. The van der Waals surface area contributed by atoms with E-state index in [0.29, 0.717) is 13.0 Å². The first-order valence-electron chi connectivity index (χ1n) is 7.82. The lowest BCUT2D eigenvalue weighted by Crippen LogP contribution is -2.39. The van der Waals surface area contributed by atoms with Gasteiger partial charge in [0.1, 0.15) is 11.8 Å². The van der Waals surface area contributed by atoms with Crippen molar-refractivity contribution in [2.75, 3.05) is 7.11 Å². The number of methoxy groups -OCH3 is 1. The van der Waals surface area contributed by atoms with Crippen LogP contribution in [0.5, 0.6) is 5.75 Å². The standard InChI is InChI=1S/C19H20N2O3/c1-24-19(23)17(21-11-13-6-2-5-9-18(13)22)10-14-12-20-16-8-4-3-7-15(14)16/h2-9,12,17,20-22H,10-11H2,1H3/t17-/m0/s1. The predicted octanol–water partition coefficient (Wildman–Crippen LogP) is 2.75. The van der Waals surface area contributed by atoms with Crippen molar-refractivity contribution in [2.45, 2.75) is 19.0 Å². The predicted molar refractivity (Wildman–Crippen MR) is 92.8 cm³/mol. The average Bonchev–Trinajstić information content (AvgIpc) is 3.02. The third-order valence-corrected chi connectivity index (χ3v) is 4.12. The van der Waals surface area contributed by atoms with Crippen molar-refractivity contribution >= 4 is 16.9 Å². The summed E-state index contributed by atoms with van der Waals surface area (Å²) in [6.07, 6.45) is 2.42. The molecule has 3 aromatic rings. The highest BCUT2D eigenvalue weighted by atomic mass is 16.5. The molecule has 0 spiro atoms. The molecule has 3 rings (SSSR count). The van der Waals surface area contributed by atoms with E-state index >= 15 is 0 Å². The molecule has 0 fully saturated rings. The highest BCUT2D eigenvalue weighted by molar-refractivity contribution is 5.84. The smallest absolute Gasteiger partial charge is 0.323 e. The minimum atomic E-state index is -0.492. The molecule has 5 heteroatoms. The molecule has 0 unspecified atom stereocenters. The highest BCUT2D eigenvalue weighted by Crippen LogP contribution is 2.20. The van der Waals surface area contributed by atoms with Crippen LogP contribution in [0.3, 0.4) is 0 Å². The van der Waals surface area contributed by atoms with Gasteiger partial charge in [-0.15, -0.1) is 0 Å². The summed E-state index contributed by atoms with van der Waals surface area (Å²) in [5.41, 5.74) is 2.83. The van der Waals surface area contributed by atoms with E-state index in [9.17, 15) is 9.90 Å². The molecule has 0 amide bonds. The van der Waals surface area contributed by atoms with Gasteiger partial charge in [0.15, 0.2) is 0 Å². The number of ether oxygens (including phenoxy) is 1. The van der Waals surface area contributed by atoms with Crippen LogP contribution in [0.2, 0.25) is 0 Å². The molecule has 0 radical (unpaired) electrons. The number of phenolic OH excluding ortho intramolecular Hbond substituents is 1. The quantitative estimate of drug-likeness (QED) is 0.610. The number of phenols is 1. The van der Waals surface area contributed by atoms with Gasteiger partial charge in [-0.05, 0) is 17.7 Å². The molecule has 0 bridgehead atoms. The van der Waals surface area contributed by atoms with E-state index in [2.05, 4.69) is 10.3 Å². The largest absolute Gasteiger partial charge is 0.508 e. The van der Waals surface area contributed by atoms with Crippen LogP contribution in [0.1, 0.15) is 11.1 Å². The molecular formula is C19H20N2O3. The van der Waals surface area contributed by atoms with Crippen molar-refractivity contribution in [1.82, 2.24) is 10.3 Å². The molecule has 1 aromatic heterocycles. The third-order valence-electron chi connectivity index (χ3n) is 4.12. The Hall–Kier alpha value is -2.79. The Kier molecular flexibility index (Phi) is 4.82. The van der Waals surface area contributed by atoms with E-state index in [4.69, 9.17) is 4.74 Å². The van der Waals surface area contributed by atoms with Crippen molar-refractivity contribution in [3.8, 4) is 5.75 Å². The first-order valence-corrected chi connectivity index (χ1v) is 7.82. The first-order chi connectivity index (χ1) is 11.7. The van der Waals surface area contributed by atoms with Gasteiger partial charge in [-0.25, -0.2) is 0 Å². The molecule has 1 atom stereocenters. The number of aromatic amines is 1. The molecule has 1 heterocycles. The number of H-pyrrole nitrogens is 1. The Morgan fingerprint density at radius 3 is 2.71 bits per heavy atom. The molecule has 124 valence electrons. The fourth-order valence-corrected chi connectivity index (χ4v) is 2.79. The van der Waals surface area contributed by atoms with E-state index < -0.39 is 6.04 Å². The van der Waals surface area contributed by atoms with Gasteiger partial charge in [-0.2, -0.15) is 0 Å². The van der Waals surface area contributed by atoms with Crippen LogP contribution in [0.15, 0.2) is 54.7 Å². The van der Waals surface area contributed by atoms with E-state index in [-0.39, 0.29) is 11.7 Å². The van der Waals surface area contributed by atoms with E-state index in [0.717, 1.165) is 22.0 Å². The summed E-state index contributed by atoms with van der Waals surface area (Å²) >= 11 is 0. The van der Waals surface area contributed by atoms with E-state index in [1.165, 1.54) is 7.11 Å². The molecule has 5 nitrogen and oxygen atoms in total. The van der Waals surface area contributed by atoms with Crippen LogP contribution >= 0.6 is 0 Å². The molecule has 2 aromatic carbocycles. The Morgan fingerprint density at radius 1 is 1.17 bits per heavy atom. The molecule has 0 saturated carbocycles. The lowest BCUT2D eigenvalue weighted by Gasteiger charge is -2.16. The number of para-hydroxylation sites is 2. The van der Waals surface area contributed by atoms with E-state index in [1.807, 2.05) is 42.6 Å². The Balaban J connectivity index is 1.77. The molecule has 0 saturated heterocycles. The fourth-order valence-electron chi connectivity index (χ4n) is 2.79. The average molecular weight is 324 g/mol. The molecule has 0 aliphatic heterocycles. The van der Waals surface area contributed by atoms with Crippen LogP contribution < -0.4 is 5.32 Å². The molecule has 0 aliphatic rings. The summed E-state index contributed by atoms with van der Waals surface area (Å²) in [5, 5.41) is 14.1. The third kappa shape index (κ3) is 3.41. The minimum absolute atomic E-state index is 0.209. The van der Waals surface area contributed by atoms with Gasteiger partial charge in [0.25, 0.3) is 0 Å². The van der Waals surface area contributed by atoms with Crippen LogP contribution in [-0.4, -0.2) is 29.2 Å². The summed E-state index contributed by atoms with van der Waals surface area (Å²) in [6, 6.07) is 14.5. The monoisotopic (exact) mass is 324 g/mol. The van der Waals surface area contributed by atoms with Crippen molar-refractivity contribution in [3.63, 3.8) is 0 Å². The Bertz CT molecular complexity index is 841. The summed E-state index contributed by atoms with van der Waals surface area (Å²) in [6.45, 7) is 0.384. The second-order valence-electron chi connectivity index (χ2n) is 5.65. The van der Waals surface area contributed by atoms with Crippen molar-refractivity contribution in [2.24, 2.45) is 0 Å². The number of fused-ring (bicyclic) bond motifs is 1. The number of aromatic nitrogens is 1. The topological polar surface area (TPSA) is 74.4 Å². The fraction of sp³-hybridized carbons (Fsp3) is 0.211. The van der Waals surface area contributed by atoms with Gasteiger partial charge >= 0.3 is 5.97 Å². The Labute approximate surface area is 140 Å². The van der Waals surface area contributed by atoms with Crippen molar-refractivity contribution in [3.05, 3.63) is 65.9 Å². The number of benzene rings is 2. The number of carbonyl (C=O) groups excluding carboxylic acids is 1.